The number of likely N-dealkylation sites (N-methyl/N-ethyl adjacent to an activating group) is 1. The van der Waals surface area contributed by atoms with Gasteiger partial charge >= 0.3 is 0 Å². The zero-order valence-corrected chi connectivity index (χ0v) is 12.7. The molecule has 1 saturated carbocycles. The monoisotopic (exact) mass is 277 g/mol. The lowest BCUT2D eigenvalue weighted by Crippen LogP contribution is -2.21. The molecule has 1 aromatic rings. The van der Waals surface area contributed by atoms with E-state index in [-0.39, 0.29) is 0 Å². The molecule has 5 nitrogen and oxygen atoms in total. The van der Waals surface area contributed by atoms with Crippen molar-refractivity contribution >= 4 is 11.8 Å². The van der Waals surface area contributed by atoms with Crippen molar-refractivity contribution in [2.75, 3.05) is 44.4 Å². The number of nitrogens with one attached hydrogen (secondary N) is 2. The molecular weight excluding hydrogens is 250 g/mol. The minimum Gasteiger partial charge on any atom is -0.369 e. The Morgan fingerprint density at radius 1 is 1.20 bits per heavy atom. The second-order valence-corrected chi connectivity index (χ2v) is 5.88. The van der Waals surface area contributed by atoms with Gasteiger partial charge in [0.2, 0.25) is 5.95 Å². The second kappa shape index (κ2) is 8.04. The van der Waals surface area contributed by atoms with Crippen molar-refractivity contribution < 1.29 is 0 Å². The van der Waals surface area contributed by atoms with E-state index in [2.05, 4.69) is 39.6 Å². The average Bonchev–Trinajstić information content (AvgIpc) is 2.46. The topological polar surface area (TPSA) is 53.1 Å². The van der Waals surface area contributed by atoms with Gasteiger partial charge in [-0.1, -0.05) is 19.3 Å². The van der Waals surface area contributed by atoms with E-state index in [0.717, 1.165) is 37.3 Å². The highest BCUT2D eigenvalue weighted by Gasteiger charge is 2.13. The number of aromatic nitrogens is 2. The standard InChI is InChI=1S/C15H27N5/c1-20(2)11-10-16-14-8-9-17-15(19-14)18-12-13-6-4-3-5-7-13/h8-9,13H,3-7,10-12H2,1-2H3,(H2,16,17,18,19). The molecule has 1 aliphatic rings. The summed E-state index contributed by atoms with van der Waals surface area (Å²) in [6.07, 6.45) is 8.65. The van der Waals surface area contributed by atoms with E-state index in [4.69, 9.17) is 0 Å². The molecule has 20 heavy (non-hydrogen) atoms. The lowest BCUT2D eigenvalue weighted by atomic mass is 9.89. The molecular formula is C15H27N5. The van der Waals surface area contributed by atoms with Gasteiger partial charge in [0, 0.05) is 25.8 Å². The van der Waals surface area contributed by atoms with Crippen LogP contribution in [-0.4, -0.2) is 48.6 Å². The van der Waals surface area contributed by atoms with Crippen LogP contribution in [-0.2, 0) is 0 Å². The Balaban J connectivity index is 1.76. The van der Waals surface area contributed by atoms with Gasteiger partial charge in [0.1, 0.15) is 5.82 Å². The predicted molar refractivity (Wildman–Crippen MR) is 84.1 cm³/mol. The first-order valence-corrected chi connectivity index (χ1v) is 7.69. The molecule has 0 amide bonds. The van der Waals surface area contributed by atoms with Crippen LogP contribution in [0.4, 0.5) is 11.8 Å². The van der Waals surface area contributed by atoms with Gasteiger partial charge in [-0.2, -0.15) is 4.98 Å². The maximum Gasteiger partial charge on any atom is 0.224 e. The van der Waals surface area contributed by atoms with E-state index in [1.54, 1.807) is 0 Å². The number of rotatable bonds is 7. The summed E-state index contributed by atoms with van der Waals surface area (Å²) in [5.41, 5.74) is 0. The van der Waals surface area contributed by atoms with Crippen LogP contribution in [0.25, 0.3) is 0 Å². The van der Waals surface area contributed by atoms with Crippen LogP contribution < -0.4 is 10.6 Å². The summed E-state index contributed by atoms with van der Waals surface area (Å²) < 4.78 is 0. The van der Waals surface area contributed by atoms with Gasteiger partial charge in [0.15, 0.2) is 0 Å². The van der Waals surface area contributed by atoms with E-state index in [9.17, 15) is 0 Å². The van der Waals surface area contributed by atoms with Crippen LogP contribution in [0.3, 0.4) is 0 Å². The maximum atomic E-state index is 4.50. The smallest absolute Gasteiger partial charge is 0.224 e. The molecule has 1 aliphatic carbocycles. The quantitative estimate of drug-likeness (QED) is 0.802. The third kappa shape index (κ3) is 5.33. The summed E-state index contributed by atoms with van der Waals surface area (Å²) in [7, 11) is 4.14. The van der Waals surface area contributed by atoms with Crippen molar-refractivity contribution in [2.45, 2.75) is 32.1 Å². The van der Waals surface area contributed by atoms with E-state index < -0.39 is 0 Å². The fraction of sp³-hybridized carbons (Fsp3) is 0.733. The number of nitrogens with zero attached hydrogens (tertiary/aromatic N) is 3. The van der Waals surface area contributed by atoms with Crippen molar-refractivity contribution in [3.05, 3.63) is 12.3 Å². The Morgan fingerprint density at radius 3 is 2.75 bits per heavy atom. The lowest BCUT2D eigenvalue weighted by Gasteiger charge is -2.21. The molecule has 2 rings (SSSR count). The summed E-state index contributed by atoms with van der Waals surface area (Å²) in [5.74, 6) is 2.43. The lowest BCUT2D eigenvalue weighted by molar-refractivity contribution is 0.373. The first kappa shape index (κ1) is 15.0. The maximum absolute atomic E-state index is 4.50. The number of anilines is 2. The molecule has 0 aromatic carbocycles. The zero-order valence-electron chi connectivity index (χ0n) is 12.7. The molecule has 1 heterocycles. The van der Waals surface area contributed by atoms with Crippen LogP contribution in [0.15, 0.2) is 12.3 Å². The van der Waals surface area contributed by atoms with Crippen LogP contribution >= 0.6 is 0 Å². The predicted octanol–water partition coefficient (Wildman–Crippen LogP) is 2.44. The summed E-state index contributed by atoms with van der Waals surface area (Å²) in [4.78, 5) is 10.9. The van der Waals surface area contributed by atoms with Gasteiger partial charge in [-0.25, -0.2) is 4.98 Å². The van der Waals surface area contributed by atoms with Gasteiger partial charge < -0.3 is 15.5 Å². The highest BCUT2D eigenvalue weighted by atomic mass is 15.1. The van der Waals surface area contributed by atoms with Gasteiger partial charge in [0.05, 0.1) is 0 Å². The third-order valence-corrected chi connectivity index (χ3v) is 3.79. The number of hydrogen-bond donors (Lipinski definition) is 2. The molecule has 1 fully saturated rings. The minimum absolute atomic E-state index is 0.741. The Kier molecular flexibility index (Phi) is 6.05. The molecule has 112 valence electrons. The van der Waals surface area contributed by atoms with Gasteiger partial charge in [0.25, 0.3) is 0 Å². The van der Waals surface area contributed by atoms with Crippen LogP contribution in [0, 0.1) is 5.92 Å². The first-order valence-electron chi connectivity index (χ1n) is 7.69. The van der Waals surface area contributed by atoms with Gasteiger partial charge in [-0.3, -0.25) is 0 Å². The highest BCUT2D eigenvalue weighted by molar-refractivity contribution is 5.39. The molecule has 0 saturated heterocycles. The Hall–Kier alpha value is -1.36. The molecule has 0 unspecified atom stereocenters. The van der Waals surface area contributed by atoms with Crippen molar-refractivity contribution in [2.24, 2.45) is 5.92 Å². The largest absolute Gasteiger partial charge is 0.369 e. The first-order chi connectivity index (χ1) is 9.74. The highest BCUT2D eigenvalue weighted by Crippen LogP contribution is 2.23. The third-order valence-electron chi connectivity index (χ3n) is 3.79. The van der Waals surface area contributed by atoms with E-state index in [1.807, 2.05) is 12.3 Å². The Morgan fingerprint density at radius 2 is 2.00 bits per heavy atom. The number of hydrogen-bond acceptors (Lipinski definition) is 5. The molecule has 2 N–H and O–H groups in total. The van der Waals surface area contributed by atoms with Crippen LogP contribution in [0.2, 0.25) is 0 Å². The van der Waals surface area contributed by atoms with E-state index >= 15 is 0 Å². The van der Waals surface area contributed by atoms with Crippen molar-refractivity contribution in [1.29, 1.82) is 0 Å². The summed E-state index contributed by atoms with van der Waals surface area (Å²) in [5, 5.41) is 6.70. The Labute approximate surface area is 122 Å². The molecule has 0 bridgehead atoms. The van der Waals surface area contributed by atoms with Crippen molar-refractivity contribution in [1.82, 2.24) is 14.9 Å². The summed E-state index contributed by atoms with van der Waals surface area (Å²) >= 11 is 0. The summed E-state index contributed by atoms with van der Waals surface area (Å²) in [6.45, 7) is 2.89. The van der Waals surface area contributed by atoms with Gasteiger partial charge in [-0.05, 0) is 38.9 Å². The molecule has 0 aliphatic heterocycles. The molecule has 0 atom stereocenters. The molecule has 5 heteroatoms. The van der Waals surface area contributed by atoms with Gasteiger partial charge in [-0.15, -0.1) is 0 Å². The fourth-order valence-corrected chi connectivity index (χ4v) is 2.58. The SMILES string of the molecule is CN(C)CCNc1ccnc(NCC2CCCCC2)n1. The molecule has 0 radical (unpaired) electrons. The Bertz CT molecular complexity index is 388. The average molecular weight is 277 g/mol. The van der Waals surface area contributed by atoms with Crippen LogP contribution in [0.5, 0.6) is 0 Å². The van der Waals surface area contributed by atoms with Crippen molar-refractivity contribution in [3.63, 3.8) is 0 Å². The normalized spacial score (nSPS) is 16.4. The van der Waals surface area contributed by atoms with E-state index in [1.165, 1.54) is 32.1 Å². The summed E-state index contributed by atoms with van der Waals surface area (Å²) in [6, 6.07) is 1.92. The minimum atomic E-state index is 0.741. The molecule has 0 spiro atoms. The van der Waals surface area contributed by atoms with Crippen molar-refractivity contribution in [3.8, 4) is 0 Å². The second-order valence-electron chi connectivity index (χ2n) is 5.88. The van der Waals surface area contributed by atoms with Crippen LogP contribution in [0.1, 0.15) is 32.1 Å². The zero-order chi connectivity index (χ0) is 14.2. The fourth-order valence-electron chi connectivity index (χ4n) is 2.58. The molecule has 1 aromatic heterocycles. The van der Waals surface area contributed by atoms with E-state index in [0.29, 0.717) is 0 Å².